The van der Waals surface area contributed by atoms with Gasteiger partial charge in [0.25, 0.3) is 0 Å². The van der Waals surface area contributed by atoms with E-state index in [-0.39, 0.29) is 18.7 Å². The zero-order valence-corrected chi connectivity index (χ0v) is 15.8. The summed E-state index contributed by atoms with van der Waals surface area (Å²) < 4.78 is 16.3. The van der Waals surface area contributed by atoms with Crippen molar-refractivity contribution in [1.29, 1.82) is 0 Å². The first-order valence-electron chi connectivity index (χ1n) is 9.32. The fourth-order valence-corrected chi connectivity index (χ4v) is 3.16. The summed E-state index contributed by atoms with van der Waals surface area (Å²) in [4.78, 5) is 15.0. The van der Waals surface area contributed by atoms with Crippen LogP contribution in [0.1, 0.15) is 25.5 Å². The van der Waals surface area contributed by atoms with Crippen LogP contribution in [0.15, 0.2) is 48.5 Å². The SMILES string of the molecule is CCN(CC)C(C(=O)NCCOc1ccc2c(c1)OCO2)c1ccccc1. The molecule has 27 heavy (non-hydrogen) atoms. The normalized spacial score (nSPS) is 13.4. The number of nitrogens with one attached hydrogen (secondary N) is 1. The van der Waals surface area contributed by atoms with E-state index in [1.807, 2.05) is 42.5 Å². The number of nitrogens with zero attached hydrogens (tertiary/aromatic N) is 1. The van der Waals surface area contributed by atoms with Crippen LogP contribution in [-0.2, 0) is 4.79 Å². The second kappa shape index (κ2) is 9.28. The minimum absolute atomic E-state index is 0.0146. The number of carbonyl (C=O) groups is 1. The molecule has 0 bridgehead atoms. The molecular weight excluding hydrogens is 344 g/mol. The molecule has 0 aliphatic carbocycles. The van der Waals surface area contributed by atoms with Gasteiger partial charge in [-0.25, -0.2) is 0 Å². The molecule has 1 unspecified atom stereocenters. The molecule has 1 aliphatic rings. The molecule has 0 radical (unpaired) electrons. The van der Waals surface area contributed by atoms with Crippen molar-refractivity contribution in [2.24, 2.45) is 0 Å². The molecule has 0 saturated heterocycles. The molecule has 1 N–H and O–H groups in total. The summed E-state index contributed by atoms with van der Waals surface area (Å²) in [7, 11) is 0. The van der Waals surface area contributed by atoms with Crippen molar-refractivity contribution in [1.82, 2.24) is 10.2 Å². The van der Waals surface area contributed by atoms with Crippen LogP contribution in [0.2, 0.25) is 0 Å². The van der Waals surface area contributed by atoms with Gasteiger partial charge in [-0.3, -0.25) is 9.69 Å². The molecule has 144 valence electrons. The van der Waals surface area contributed by atoms with Crippen molar-refractivity contribution in [2.45, 2.75) is 19.9 Å². The third-order valence-electron chi connectivity index (χ3n) is 4.56. The second-order valence-electron chi connectivity index (χ2n) is 6.19. The van der Waals surface area contributed by atoms with Crippen molar-refractivity contribution in [2.75, 3.05) is 33.0 Å². The fourth-order valence-electron chi connectivity index (χ4n) is 3.16. The lowest BCUT2D eigenvalue weighted by molar-refractivity contribution is -0.126. The molecule has 2 aromatic rings. The maximum absolute atomic E-state index is 12.8. The van der Waals surface area contributed by atoms with Crippen molar-refractivity contribution < 1.29 is 19.0 Å². The highest BCUT2D eigenvalue weighted by atomic mass is 16.7. The number of ether oxygens (including phenoxy) is 3. The minimum atomic E-state index is -0.299. The molecule has 6 heteroatoms. The zero-order valence-electron chi connectivity index (χ0n) is 15.8. The molecule has 1 heterocycles. The van der Waals surface area contributed by atoms with E-state index < -0.39 is 0 Å². The van der Waals surface area contributed by atoms with Gasteiger partial charge < -0.3 is 19.5 Å². The number of likely N-dealkylation sites (N-methyl/N-ethyl adjacent to an activating group) is 1. The van der Waals surface area contributed by atoms with Gasteiger partial charge in [0.15, 0.2) is 11.5 Å². The summed E-state index contributed by atoms with van der Waals surface area (Å²) in [6.07, 6.45) is 0. The fraction of sp³-hybridized carbons (Fsp3) is 0.381. The number of fused-ring (bicyclic) bond motifs is 1. The van der Waals surface area contributed by atoms with Crippen molar-refractivity contribution in [3.05, 3.63) is 54.1 Å². The largest absolute Gasteiger partial charge is 0.492 e. The lowest BCUT2D eigenvalue weighted by atomic mass is 10.0. The summed E-state index contributed by atoms with van der Waals surface area (Å²) in [5.41, 5.74) is 0.996. The van der Waals surface area contributed by atoms with Crippen LogP contribution in [0, 0.1) is 0 Å². The Bertz CT molecular complexity index is 747. The summed E-state index contributed by atoms with van der Waals surface area (Å²) in [6, 6.07) is 15.0. The Morgan fingerprint density at radius 1 is 1.11 bits per heavy atom. The first kappa shape index (κ1) is 19.0. The highest BCUT2D eigenvalue weighted by Gasteiger charge is 2.25. The average molecular weight is 370 g/mol. The van der Waals surface area contributed by atoms with Crippen LogP contribution in [0.3, 0.4) is 0 Å². The molecule has 3 rings (SSSR count). The van der Waals surface area contributed by atoms with Gasteiger partial charge in [0.05, 0.1) is 6.54 Å². The third-order valence-corrected chi connectivity index (χ3v) is 4.56. The zero-order chi connectivity index (χ0) is 19.1. The maximum Gasteiger partial charge on any atom is 0.242 e. The molecule has 0 spiro atoms. The molecule has 2 aromatic carbocycles. The number of amides is 1. The summed E-state index contributed by atoms with van der Waals surface area (Å²) in [5, 5.41) is 2.99. The quantitative estimate of drug-likeness (QED) is 0.688. The minimum Gasteiger partial charge on any atom is -0.492 e. The third kappa shape index (κ3) is 4.71. The second-order valence-corrected chi connectivity index (χ2v) is 6.19. The number of rotatable bonds is 9. The van der Waals surface area contributed by atoms with E-state index in [0.29, 0.717) is 24.7 Å². The van der Waals surface area contributed by atoms with E-state index in [0.717, 1.165) is 24.4 Å². The Kier molecular flexibility index (Phi) is 6.54. The van der Waals surface area contributed by atoms with Gasteiger partial charge in [-0.2, -0.15) is 0 Å². The summed E-state index contributed by atoms with van der Waals surface area (Å²) >= 11 is 0. The molecule has 6 nitrogen and oxygen atoms in total. The standard InChI is InChI=1S/C21H26N2O4/c1-3-23(4-2)20(16-8-6-5-7-9-16)21(24)22-12-13-25-17-10-11-18-19(14-17)27-15-26-18/h5-11,14,20H,3-4,12-13,15H2,1-2H3,(H,22,24). The van der Waals surface area contributed by atoms with Gasteiger partial charge in [0.1, 0.15) is 18.4 Å². The van der Waals surface area contributed by atoms with Gasteiger partial charge in [-0.15, -0.1) is 0 Å². The number of carbonyl (C=O) groups excluding carboxylic acids is 1. The van der Waals surface area contributed by atoms with Crippen LogP contribution in [-0.4, -0.2) is 43.8 Å². The maximum atomic E-state index is 12.8. The van der Waals surface area contributed by atoms with Gasteiger partial charge in [0.2, 0.25) is 12.7 Å². The van der Waals surface area contributed by atoms with E-state index >= 15 is 0 Å². The van der Waals surface area contributed by atoms with Crippen molar-refractivity contribution in [3.8, 4) is 17.2 Å². The molecule has 1 aliphatic heterocycles. The van der Waals surface area contributed by atoms with Crippen LogP contribution in [0.5, 0.6) is 17.2 Å². The van der Waals surface area contributed by atoms with E-state index in [1.54, 1.807) is 6.07 Å². The highest BCUT2D eigenvalue weighted by molar-refractivity contribution is 5.83. The number of hydrogen-bond donors (Lipinski definition) is 1. The number of benzene rings is 2. The molecule has 1 atom stereocenters. The Hall–Kier alpha value is -2.73. The smallest absolute Gasteiger partial charge is 0.242 e. The van der Waals surface area contributed by atoms with Crippen LogP contribution >= 0.6 is 0 Å². The van der Waals surface area contributed by atoms with Crippen molar-refractivity contribution in [3.63, 3.8) is 0 Å². The average Bonchev–Trinajstić information content (AvgIpc) is 3.17. The summed E-state index contributed by atoms with van der Waals surface area (Å²) in [6.45, 7) is 6.78. The van der Waals surface area contributed by atoms with Gasteiger partial charge in [-0.1, -0.05) is 44.2 Å². The first-order chi connectivity index (χ1) is 13.2. The Morgan fingerprint density at radius 3 is 2.59 bits per heavy atom. The van der Waals surface area contributed by atoms with Crippen LogP contribution in [0.25, 0.3) is 0 Å². The van der Waals surface area contributed by atoms with Gasteiger partial charge in [-0.05, 0) is 30.8 Å². The lowest BCUT2D eigenvalue weighted by Crippen LogP contribution is -2.41. The van der Waals surface area contributed by atoms with Gasteiger partial charge in [0, 0.05) is 6.07 Å². The topological polar surface area (TPSA) is 60.0 Å². The predicted molar refractivity (Wildman–Crippen MR) is 103 cm³/mol. The van der Waals surface area contributed by atoms with Gasteiger partial charge >= 0.3 is 0 Å². The van der Waals surface area contributed by atoms with Crippen LogP contribution < -0.4 is 19.5 Å². The Labute approximate surface area is 160 Å². The van der Waals surface area contributed by atoms with Crippen LogP contribution in [0.4, 0.5) is 0 Å². The Morgan fingerprint density at radius 2 is 1.85 bits per heavy atom. The first-order valence-corrected chi connectivity index (χ1v) is 9.32. The highest BCUT2D eigenvalue weighted by Crippen LogP contribution is 2.35. The Balaban J connectivity index is 1.54. The van der Waals surface area contributed by atoms with E-state index in [9.17, 15) is 4.79 Å². The van der Waals surface area contributed by atoms with E-state index in [2.05, 4.69) is 24.1 Å². The summed E-state index contributed by atoms with van der Waals surface area (Å²) in [5.74, 6) is 2.08. The monoisotopic (exact) mass is 370 g/mol. The molecule has 0 fully saturated rings. The van der Waals surface area contributed by atoms with Crippen molar-refractivity contribution >= 4 is 5.91 Å². The number of hydrogen-bond acceptors (Lipinski definition) is 5. The predicted octanol–water partition coefficient (Wildman–Crippen LogP) is 2.99. The lowest BCUT2D eigenvalue weighted by Gasteiger charge is -2.29. The molecule has 1 amide bonds. The molecular formula is C21H26N2O4. The van der Waals surface area contributed by atoms with E-state index in [1.165, 1.54) is 0 Å². The molecule has 0 saturated carbocycles. The molecule has 0 aromatic heterocycles. The van der Waals surface area contributed by atoms with E-state index in [4.69, 9.17) is 14.2 Å².